The molecule has 1 aromatic carbocycles. The van der Waals surface area contributed by atoms with E-state index in [9.17, 15) is 22.6 Å². The number of hydrogen-bond donors (Lipinski definition) is 2. The molecule has 0 radical (unpaired) electrons. The van der Waals surface area contributed by atoms with Crippen LogP contribution in [0.2, 0.25) is 0 Å². The number of hydrogen-bond acceptors (Lipinski definition) is 9. The van der Waals surface area contributed by atoms with Crippen molar-refractivity contribution in [1.82, 2.24) is 14.1 Å². The third-order valence-corrected chi connectivity index (χ3v) is 11.4. The molecule has 1 aliphatic rings. The smallest absolute Gasteiger partial charge is 0.330 e. The van der Waals surface area contributed by atoms with E-state index < -0.39 is 29.4 Å². The molecular weight excluding hydrogens is 609 g/mol. The molecule has 0 unspecified atom stereocenters. The van der Waals surface area contributed by atoms with E-state index in [1.54, 1.807) is 20.9 Å². The summed E-state index contributed by atoms with van der Waals surface area (Å²) in [5.41, 5.74) is 6.34. The Morgan fingerprint density at radius 1 is 1.09 bits per heavy atom. The zero-order valence-corrected chi connectivity index (χ0v) is 28.0. The predicted octanol–water partition coefficient (Wildman–Crippen LogP) is 4.57. The van der Waals surface area contributed by atoms with E-state index in [1.165, 1.54) is 27.2 Å². The standard InChI is InChI=1S/C29H46N5O8PS/c1-6-10-24-26(27(28(30)35)33(5)32-24)31-29(36)23-20-22(11-12-25(23)40-18-7-2)44(38,39)34-16-13-21(14-17-34)15-19-43(37,41-8-3)42-9-4/h11-12,20-21H,6-10,13-19H2,1-5H3,(H2,30,35)(H,31,36). The Labute approximate surface area is 260 Å². The molecule has 1 aliphatic heterocycles. The van der Waals surface area contributed by atoms with Crippen LogP contribution in [0.15, 0.2) is 23.1 Å². The van der Waals surface area contributed by atoms with Crippen LogP contribution in [0, 0.1) is 5.92 Å². The number of carbonyl (C=O) groups excluding carboxylic acids is 2. The lowest BCUT2D eigenvalue weighted by Crippen LogP contribution is -2.38. The molecule has 0 atom stereocenters. The topological polar surface area (TPSA) is 172 Å². The molecule has 2 amide bonds. The van der Waals surface area contributed by atoms with Crippen LogP contribution in [-0.4, -0.2) is 73.4 Å². The molecule has 1 fully saturated rings. The number of ether oxygens (including phenoxy) is 1. The predicted molar refractivity (Wildman–Crippen MR) is 168 cm³/mol. The maximum atomic E-state index is 13.7. The minimum Gasteiger partial charge on any atom is -0.493 e. The lowest BCUT2D eigenvalue weighted by atomic mass is 9.96. The van der Waals surface area contributed by atoms with E-state index in [-0.39, 0.29) is 52.8 Å². The fourth-order valence-corrected chi connectivity index (χ4v) is 8.56. The number of sulfonamides is 1. The SMILES string of the molecule is CCCOc1ccc(S(=O)(=O)N2CCC(CCP(=O)(OCC)OCC)CC2)cc1C(=O)Nc1c(CCC)nn(C)c1C(N)=O. The Morgan fingerprint density at radius 2 is 1.75 bits per heavy atom. The Morgan fingerprint density at radius 3 is 2.32 bits per heavy atom. The van der Waals surface area contributed by atoms with Gasteiger partial charge in [-0.1, -0.05) is 20.3 Å². The maximum absolute atomic E-state index is 13.7. The summed E-state index contributed by atoms with van der Waals surface area (Å²) in [5.74, 6) is -0.999. The van der Waals surface area contributed by atoms with Gasteiger partial charge in [0.2, 0.25) is 10.0 Å². The molecule has 0 saturated carbocycles. The number of aromatic nitrogens is 2. The van der Waals surface area contributed by atoms with Gasteiger partial charge in [0.05, 0.1) is 47.8 Å². The second kappa shape index (κ2) is 16.0. The molecule has 2 aromatic rings. The van der Waals surface area contributed by atoms with Crippen molar-refractivity contribution >= 4 is 35.1 Å². The number of nitrogens with one attached hydrogen (secondary N) is 1. The average molecular weight is 656 g/mol. The number of amides is 2. The average Bonchev–Trinajstić information content (AvgIpc) is 3.29. The van der Waals surface area contributed by atoms with Gasteiger partial charge in [-0.15, -0.1) is 0 Å². The van der Waals surface area contributed by atoms with Crippen LogP contribution >= 0.6 is 7.60 Å². The van der Waals surface area contributed by atoms with E-state index in [0.717, 1.165) is 0 Å². The monoisotopic (exact) mass is 655 g/mol. The van der Waals surface area contributed by atoms with Crippen LogP contribution in [0.25, 0.3) is 0 Å². The van der Waals surface area contributed by atoms with Crippen LogP contribution in [-0.2, 0) is 37.1 Å². The molecule has 3 N–H and O–H groups in total. The number of benzene rings is 1. The fourth-order valence-electron chi connectivity index (χ4n) is 5.26. The van der Waals surface area contributed by atoms with Crippen LogP contribution < -0.4 is 15.8 Å². The molecular formula is C29H46N5O8PS. The van der Waals surface area contributed by atoms with Crippen molar-refractivity contribution in [2.75, 3.05) is 44.4 Å². The second-order valence-corrected chi connectivity index (χ2v) is 14.8. The van der Waals surface area contributed by atoms with Crippen LogP contribution in [0.3, 0.4) is 0 Å². The fraction of sp³-hybridized carbons (Fsp3) is 0.621. The van der Waals surface area contributed by atoms with Crippen LogP contribution in [0.1, 0.15) is 86.3 Å². The zero-order valence-electron chi connectivity index (χ0n) is 26.3. The zero-order chi connectivity index (χ0) is 32.5. The van der Waals surface area contributed by atoms with Gasteiger partial charge in [-0.3, -0.25) is 18.8 Å². The Balaban J connectivity index is 1.83. The summed E-state index contributed by atoms with van der Waals surface area (Å²) in [6.45, 7) is 8.89. The van der Waals surface area contributed by atoms with Gasteiger partial charge >= 0.3 is 7.60 Å². The lowest BCUT2D eigenvalue weighted by Gasteiger charge is -2.32. The number of anilines is 1. The Bertz CT molecular complexity index is 1440. The van der Waals surface area contributed by atoms with Gasteiger partial charge in [0.1, 0.15) is 11.4 Å². The Hall–Kier alpha value is -2.77. The van der Waals surface area contributed by atoms with Crippen LogP contribution in [0.5, 0.6) is 5.75 Å². The number of piperidine rings is 1. The molecule has 246 valence electrons. The molecule has 15 heteroatoms. The molecule has 13 nitrogen and oxygen atoms in total. The largest absolute Gasteiger partial charge is 0.493 e. The van der Waals surface area contributed by atoms with Gasteiger partial charge < -0.3 is 24.8 Å². The number of aryl methyl sites for hydroxylation is 2. The van der Waals surface area contributed by atoms with Crippen molar-refractivity contribution in [2.24, 2.45) is 18.7 Å². The van der Waals surface area contributed by atoms with Gasteiger partial charge in [-0.2, -0.15) is 9.40 Å². The first kappa shape index (κ1) is 35.7. The van der Waals surface area contributed by atoms with E-state index >= 15 is 0 Å². The van der Waals surface area contributed by atoms with E-state index in [2.05, 4.69) is 10.4 Å². The highest BCUT2D eigenvalue weighted by Gasteiger charge is 2.33. The number of primary amides is 1. The molecule has 1 saturated heterocycles. The van der Waals surface area contributed by atoms with Gasteiger partial charge in [0, 0.05) is 20.1 Å². The van der Waals surface area contributed by atoms with E-state index in [1.807, 2.05) is 13.8 Å². The minimum absolute atomic E-state index is 0.0127. The summed E-state index contributed by atoms with van der Waals surface area (Å²) in [6, 6.07) is 4.22. The molecule has 0 spiro atoms. The van der Waals surface area contributed by atoms with Crippen molar-refractivity contribution in [2.45, 2.75) is 71.1 Å². The quantitative estimate of drug-likeness (QED) is 0.232. The molecule has 2 heterocycles. The summed E-state index contributed by atoms with van der Waals surface area (Å²) in [7, 11) is -5.54. The van der Waals surface area contributed by atoms with Gasteiger partial charge in [-0.25, -0.2) is 8.42 Å². The van der Waals surface area contributed by atoms with Crippen molar-refractivity contribution in [3.63, 3.8) is 0 Å². The first-order chi connectivity index (χ1) is 20.9. The van der Waals surface area contributed by atoms with E-state index in [0.29, 0.717) is 64.0 Å². The summed E-state index contributed by atoms with van der Waals surface area (Å²) in [6.07, 6.45) is 3.98. The van der Waals surface area contributed by atoms with Gasteiger partial charge in [0.15, 0.2) is 0 Å². The molecule has 1 aromatic heterocycles. The molecule has 0 bridgehead atoms. The third kappa shape index (κ3) is 8.69. The maximum Gasteiger partial charge on any atom is 0.330 e. The summed E-state index contributed by atoms with van der Waals surface area (Å²) < 4.78 is 59.6. The Kier molecular flexibility index (Phi) is 13.0. The van der Waals surface area contributed by atoms with E-state index in [4.69, 9.17) is 19.5 Å². The molecule has 3 rings (SSSR count). The number of rotatable bonds is 17. The number of carbonyl (C=O) groups is 2. The molecule has 44 heavy (non-hydrogen) atoms. The van der Waals surface area contributed by atoms with Gasteiger partial charge in [0.25, 0.3) is 11.8 Å². The first-order valence-electron chi connectivity index (χ1n) is 15.2. The highest BCUT2D eigenvalue weighted by molar-refractivity contribution is 7.89. The van der Waals surface area contributed by atoms with Gasteiger partial charge in [-0.05, 0) is 70.1 Å². The lowest BCUT2D eigenvalue weighted by molar-refractivity contribution is 0.0992. The van der Waals surface area contributed by atoms with Crippen molar-refractivity contribution < 1.29 is 36.4 Å². The molecule has 0 aliphatic carbocycles. The highest BCUT2D eigenvalue weighted by Crippen LogP contribution is 2.49. The van der Waals surface area contributed by atoms with Crippen molar-refractivity contribution in [1.29, 1.82) is 0 Å². The second-order valence-electron chi connectivity index (χ2n) is 10.7. The third-order valence-electron chi connectivity index (χ3n) is 7.41. The highest BCUT2D eigenvalue weighted by atomic mass is 32.2. The summed E-state index contributed by atoms with van der Waals surface area (Å²) in [5, 5.41) is 7.10. The first-order valence-corrected chi connectivity index (χ1v) is 18.4. The summed E-state index contributed by atoms with van der Waals surface area (Å²) in [4.78, 5) is 25.8. The minimum atomic E-state index is -3.94. The summed E-state index contributed by atoms with van der Waals surface area (Å²) >= 11 is 0. The van der Waals surface area contributed by atoms with Crippen molar-refractivity contribution in [3.8, 4) is 5.75 Å². The van der Waals surface area contributed by atoms with Crippen molar-refractivity contribution in [3.05, 3.63) is 35.2 Å². The number of nitrogens with zero attached hydrogens (tertiary/aromatic N) is 3. The number of nitrogens with two attached hydrogens (primary N) is 1. The van der Waals surface area contributed by atoms with Crippen LogP contribution in [0.4, 0.5) is 5.69 Å². The normalized spacial score (nSPS) is 14.9.